The molecule has 1 saturated heterocycles. The lowest BCUT2D eigenvalue weighted by molar-refractivity contribution is -0.122. The van der Waals surface area contributed by atoms with E-state index in [0.29, 0.717) is 22.7 Å². The molecule has 2 heterocycles. The van der Waals surface area contributed by atoms with E-state index in [0.717, 1.165) is 26.4 Å². The quantitative estimate of drug-likeness (QED) is 0.180. The maximum absolute atomic E-state index is 14.1. The molecule has 1 fully saturated rings. The van der Waals surface area contributed by atoms with E-state index < -0.39 is 23.9 Å². The third kappa shape index (κ3) is 5.31. The minimum absolute atomic E-state index is 0.131. The summed E-state index contributed by atoms with van der Waals surface area (Å²) in [6.07, 6.45) is -0.131. The second kappa shape index (κ2) is 11.9. The Hall–Kier alpha value is -5.02. The predicted molar refractivity (Wildman–Crippen MR) is 171 cm³/mol. The second-order valence-electron chi connectivity index (χ2n) is 10.7. The number of amides is 3. The smallest absolute Gasteiger partial charge is 0.257 e. The number of carbonyl (C=O) groups excluding carboxylic acids is 3. The monoisotopic (exact) mass is 605 g/mol. The molecule has 0 aliphatic carbocycles. The van der Waals surface area contributed by atoms with Gasteiger partial charge in [0.05, 0.1) is 42.6 Å². The van der Waals surface area contributed by atoms with Crippen LogP contribution in [0.15, 0.2) is 91.0 Å². The highest BCUT2D eigenvalue weighted by Gasteiger charge is 2.46. The molecular weight excluding hydrogens is 574 g/mol. The van der Waals surface area contributed by atoms with Gasteiger partial charge in [0.25, 0.3) is 11.8 Å². The van der Waals surface area contributed by atoms with Crippen LogP contribution in [-0.2, 0) is 9.59 Å². The van der Waals surface area contributed by atoms with E-state index in [2.05, 4.69) is 6.07 Å². The number of aryl methyl sites for hydroxylation is 1. The molecular formula is C35H31N3O5S. The van der Waals surface area contributed by atoms with E-state index in [4.69, 9.17) is 14.5 Å². The molecule has 3 amide bonds. The number of fused-ring (bicyclic) bond motifs is 1. The molecule has 1 aliphatic rings. The fraction of sp³-hybridized carbons (Fsp3) is 0.200. The number of rotatable bonds is 8. The van der Waals surface area contributed by atoms with E-state index in [1.165, 1.54) is 29.6 Å². The minimum atomic E-state index is -0.995. The van der Waals surface area contributed by atoms with E-state index in [1.54, 1.807) is 41.7 Å². The van der Waals surface area contributed by atoms with Crippen molar-refractivity contribution in [3.63, 3.8) is 0 Å². The zero-order chi connectivity index (χ0) is 31.0. The van der Waals surface area contributed by atoms with Gasteiger partial charge in [-0.25, -0.2) is 9.88 Å². The number of imide groups is 1. The van der Waals surface area contributed by atoms with Gasteiger partial charge in [-0.3, -0.25) is 14.4 Å². The van der Waals surface area contributed by atoms with Gasteiger partial charge in [0.1, 0.15) is 11.0 Å². The van der Waals surface area contributed by atoms with Gasteiger partial charge in [-0.15, -0.1) is 11.3 Å². The summed E-state index contributed by atoms with van der Waals surface area (Å²) >= 11 is 1.60. The van der Waals surface area contributed by atoms with E-state index in [-0.39, 0.29) is 12.3 Å². The number of nitrogens with zero attached hydrogens (tertiary/aromatic N) is 3. The number of benzene rings is 4. The molecule has 2 unspecified atom stereocenters. The van der Waals surface area contributed by atoms with Crippen LogP contribution in [0.1, 0.15) is 40.9 Å². The Morgan fingerprint density at radius 2 is 1.66 bits per heavy atom. The van der Waals surface area contributed by atoms with Crippen LogP contribution in [0.2, 0.25) is 0 Å². The number of hydrogen-bond donors (Lipinski definition) is 0. The molecule has 0 bridgehead atoms. The van der Waals surface area contributed by atoms with E-state index >= 15 is 0 Å². The third-order valence-electron chi connectivity index (χ3n) is 7.94. The standard InChI is InChI=1S/C35H31N3O5S/c1-21-10-16-27-31(18-21)44-33(36-27)24-11-14-26(15-12-24)38-32(39)20-28(35(38)41)37(22(2)23-8-6-5-7-9-23)34(40)25-13-17-29(42-3)30(19-25)43-4/h5-19,22,28H,20H2,1-4H3. The van der Waals surface area contributed by atoms with Gasteiger partial charge in [-0.1, -0.05) is 36.4 Å². The van der Waals surface area contributed by atoms with Crippen molar-refractivity contribution in [2.24, 2.45) is 0 Å². The van der Waals surface area contributed by atoms with Crippen molar-refractivity contribution >= 4 is 45.0 Å². The predicted octanol–water partition coefficient (Wildman–Crippen LogP) is 6.82. The number of aromatic nitrogens is 1. The molecule has 4 aromatic carbocycles. The second-order valence-corrected chi connectivity index (χ2v) is 11.7. The average molecular weight is 606 g/mol. The van der Waals surface area contributed by atoms with Crippen molar-refractivity contribution in [2.45, 2.75) is 32.4 Å². The first-order valence-corrected chi connectivity index (χ1v) is 15.0. The molecule has 222 valence electrons. The van der Waals surface area contributed by atoms with Crippen molar-refractivity contribution in [2.75, 3.05) is 19.1 Å². The Balaban J connectivity index is 1.32. The number of anilines is 1. The normalized spacial score (nSPS) is 15.5. The summed E-state index contributed by atoms with van der Waals surface area (Å²) in [5.41, 5.74) is 4.61. The summed E-state index contributed by atoms with van der Waals surface area (Å²) in [6.45, 7) is 3.91. The number of methoxy groups -OCH3 is 2. The summed E-state index contributed by atoms with van der Waals surface area (Å²) in [7, 11) is 3.02. The molecule has 0 spiro atoms. The van der Waals surface area contributed by atoms with E-state index in [9.17, 15) is 14.4 Å². The van der Waals surface area contributed by atoms with Gasteiger partial charge >= 0.3 is 0 Å². The Morgan fingerprint density at radius 1 is 0.932 bits per heavy atom. The Kier molecular flexibility index (Phi) is 7.88. The number of hydrogen-bond acceptors (Lipinski definition) is 7. The summed E-state index contributed by atoms with van der Waals surface area (Å²) in [5.74, 6) is -0.334. The Bertz CT molecular complexity index is 1870. The number of ether oxygens (including phenoxy) is 2. The van der Waals surface area contributed by atoms with Crippen LogP contribution in [0.4, 0.5) is 5.69 Å². The molecule has 9 heteroatoms. The molecule has 1 aromatic heterocycles. The minimum Gasteiger partial charge on any atom is -0.493 e. The Labute approximate surface area is 259 Å². The van der Waals surface area contributed by atoms with Gasteiger partial charge < -0.3 is 14.4 Å². The first kappa shape index (κ1) is 29.1. The SMILES string of the molecule is COc1ccc(C(=O)N(C2CC(=O)N(c3ccc(-c4nc5ccc(C)cc5s4)cc3)C2=O)C(C)c2ccccc2)cc1OC. The van der Waals surface area contributed by atoms with Gasteiger partial charge in [-0.2, -0.15) is 0 Å². The molecule has 0 N–H and O–H groups in total. The molecule has 0 radical (unpaired) electrons. The summed E-state index contributed by atoms with van der Waals surface area (Å²) in [5, 5.41) is 0.859. The summed E-state index contributed by atoms with van der Waals surface area (Å²) in [6, 6.07) is 26.2. The molecule has 8 nitrogen and oxygen atoms in total. The molecule has 44 heavy (non-hydrogen) atoms. The largest absolute Gasteiger partial charge is 0.493 e. The van der Waals surface area contributed by atoms with Crippen LogP contribution in [-0.4, -0.2) is 47.9 Å². The fourth-order valence-electron chi connectivity index (χ4n) is 5.61. The molecule has 5 aromatic rings. The Morgan fingerprint density at radius 3 is 2.36 bits per heavy atom. The number of carbonyl (C=O) groups is 3. The molecule has 1 aliphatic heterocycles. The van der Waals surface area contributed by atoms with Crippen LogP contribution >= 0.6 is 11.3 Å². The lowest BCUT2D eigenvalue weighted by Crippen LogP contribution is -2.46. The maximum atomic E-state index is 14.1. The number of thiazole rings is 1. The van der Waals surface area contributed by atoms with Crippen LogP contribution in [0.25, 0.3) is 20.8 Å². The zero-order valence-electron chi connectivity index (χ0n) is 24.8. The van der Waals surface area contributed by atoms with Crippen molar-refractivity contribution < 1.29 is 23.9 Å². The van der Waals surface area contributed by atoms with E-state index in [1.807, 2.05) is 68.4 Å². The van der Waals surface area contributed by atoms with Gasteiger partial charge in [0, 0.05) is 11.1 Å². The summed E-state index contributed by atoms with van der Waals surface area (Å²) < 4.78 is 11.9. The topological polar surface area (TPSA) is 89.0 Å². The fourth-order valence-corrected chi connectivity index (χ4v) is 6.68. The lowest BCUT2D eigenvalue weighted by Gasteiger charge is -2.34. The van der Waals surface area contributed by atoms with Crippen LogP contribution in [0.5, 0.6) is 11.5 Å². The highest BCUT2D eigenvalue weighted by atomic mass is 32.1. The maximum Gasteiger partial charge on any atom is 0.257 e. The average Bonchev–Trinajstić information content (AvgIpc) is 3.60. The van der Waals surface area contributed by atoms with Crippen LogP contribution in [0.3, 0.4) is 0 Å². The van der Waals surface area contributed by atoms with Crippen molar-refractivity contribution in [1.82, 2.24) is 9.88 Å². The first-order valence-electron chi connectivity index (χ1n) is 14.2. The van der Waals surface area contributed by atoms with Crippen LogP contribution < -0.4 is 14.4 Å². The molecule has 0 saturated carbocycles. The summed E-state index contributed by atoms with van der Waals surface area (Å²) in [4.78, 5) is 49.0. The molecule has 6 rings (SSSR count). The zero-order valence-corrected chi connectivity index (χ0v) is 25.6. The first-order chi connectivity index (χ1) is 21.3. The van der Waals surface area contributed by atoms with Gasteiger partial charge in [0.15, 0.2) is 11.5 Å². The van der Waals surface area contributed by atoms with Crippen molar-refractivity contribution in [3.05, 3.63) is 108 Å². The molecule has 2 atom stereocenters. The lowest BCUT2D eigenvalue weighted by atomic mass is 10.0. The van der Waals surface area contributed by atoms with Crippen molar-refractivity contribution in [1.29, 1.82) is 0 Å². The van der Waals surface area contributed by atoms with Gasteiger partial charge in [-0.05, 0) is 79.6 Å². The third-order valence-corrected chi connectivity index (χ3v) is 9.01. The van der Waals surface area contributed by atoms with Gasteiger partial charge in [0.2, 0.25) is 5.91 Å². The highest BCUT2D eigenvalue weighted by molar-refractivity contribution is 7.21. The van der Waals surface area contributed by atoms with Crippen molar-refractivity contribution in [3.8, 4) is 22.1 Å². The highest BCUT2D eigenvalue weighted by Crippen LogP contribution is 2.36. The van der Waals surface area contributed by atoms with Crippen LogP contribution in [0, 0.1) is 6.92 Å².